The number of halogens is 3. The summed E-state index contributed by atoms with van der Waals surface area (Å²) in [6, 6.07) is 10.8. The van der Waals surface area contributed by atoms with Crippen LogP contribution in [0.1, 0.15) is 6.92 Å². The molecule has 3 rings (SSSR count). The number of anilines is 2. The molecule has 0 aliphatic carbocycles. The van der Waals surface area contributed by atoms with E-state index < -0.39 is 29.3 Å². The second kappa shape index (κ2) is 8.01. The van der Waals surface area contributed by atoms with Crippen LogP contribution in [0.15, 0.2) is 42.5 Å². The van der Waals surface area contributed by atoms with Crippen molar-refractivity contribution < 1.29 is 18.5 Å². The highest BCUT2D eigenvalue weighted by molar-refractivity contribution is 6.33. The fourth-order valence-electron chi connectivity index (χ4n) is 3.21. The summed E-state index contributed by atoms with van der Waals surface area (Å²) in [5.41, 5.74) is 0.595. The smallest absolute Gasteiger partial charge is 0.282 e. The standard InChI is InChI=1S/C19H20ClF2N3O/c1-13(19(26)23-18-15(21)6-4-7-16(18)22)24-9-11-25(12-10-24)17-8-3-2-5-14(17)20/h2-8,13H,9-12H2,1H3,(H,23,26)/p+1/t13-/m0/s1. The predicted molar refractivity (Wildman–Crippen MR) is 98.8 cm³/mol. The average molecular weight is 381 g/mol. The Kier molecular flexibility index (Phi) is 5.74. The van der Waals surface area contributed by atoms with Crippen molar-refractivity contribution in [3.63, 3.8) is 0 Å². The molecular weight excluding hydrogens is 360 g/mol. The first-order valence-corrected chi connectivity index (χ1v) is 8.94. The summed E-state index contributed by atoms with van der Waals surface area (Å²) in [6.07, 6.45) is 0. The van der Waals surface area contributed by atoms with E-state index in [4.69, 9.17) is 11.6 Å². The highest BCUT2D eigenvalue weighted by Gasteiger charge is 2.30. The highest BCUT2D eigenvalue weighted by atomic mass is 35.5. The van der Waals surface area contributed by atoms with Gasteiger partial charge in [0.25, 0.3) is 5.91 Å². The largest absolute Gasteiger partial charge is 0.359 e. The monoisotopic (exact) mass is 380 g/mol. The Labute approximate surface area is 156 Å². The Morgan fingerprint density at radius 1 is 1.12 bits per heavy atom. The fourth-order valence-corrected chi connectivity index (χ4v) is 3.47. The van der Waals surface area contributed by atoms with Crippen LogP contribution in [0, 0.1) is 11.6 Å². The van der Waals surface area contributed by atoms with Crippen LogP contribution in [0.25, 0.3) is 0 Å². The Bertz CT molecular complexity index is 774. The van der Waals surface area contributed by atoms with E-state index in [-0.39, 0.29) is 0 Å². The SMILES string of the molecule is C[C@@H](C(=O)Nc1c(F)cccc1F)[NH+]1CCN(c2ccccc2Cl)CC1. The zero-order chi connectivity index (χ0) is 18.7. The third kappa shape index (κ3) is 3.97. The van der Waals surface area contributed by atoms with Crippen molar-refractivity contribution in [2.75, 3.05) is 36.4 Å². The third-order valence-corrected chi connectivity index (χ3v) is 5.14. The molecule has 2 aromatic carbocycles. The highest BCUT2D eigenvalue weighted by Crippen LogP contribution is 2.25. The molecule has 4 nitrogen and oxygen atoms in total. The van der Waals surface area contributed by atoms with Gasteiger partial charge in [-0.3, -0.25) is 4.79 Å². The van der Waals surface area contributed by atoms with Crippen molar-refractivity contribution in [2.24, 2.45) is 0 Å². The molecule has 0 bridgehead atoms. The number of para-hydroxylation sites is 2. The molecule has 1 aliphatic heterocycles. The first-order valence-electron chi connectivity index (χ1n) is 8.56. The number of hydrogen-bond donors (Lipinski definition) is 2. The summed E-state index contributed by atoms with van der Waals surface area (Å²) >= 11 is 6.24. The van der Waals surface area contributed by atoms with Crippen molar-refractivity contribution in [1.29, 1.82) is 0 Å². The van der Waals surface area contributed by atoms with Gasteiger partial charge in [0.1, 0.15) is 17.3 Å². The molecule has 2 aromatic rings. The summed E-state index contributed by atoms with van der Waals surface area (Å²) in [4.78, 5) is 15.7. The van der Waals surface area contributed by atoms with Gasteiger partial charge in [0, 0.05) is 0 Å². The minimum atomic E-state index is -0.774. The van der Waals surface area contributed by atoms with Crippen LogP contribution in [0.3, 0.4) is 0 Å². The lowest BCUT2D eigenvalue weighted by Crippen LogP contribution is -3.19. The molecule has 1 saturated heterocycles. The second-order valence-electron chi connectivity index (χ2n) is 6.40. The Hall–Kier alpha value is -2.18. The first-order chi connectivity index (χ1) is 12.5. The normalized spacial score (nSPS) is 16.4. The van der Waals surface area contributed by atoms with Gasteiger partial charge in [-0.05, 0) is 31.2 Å². The van der Waals surface area contributed by atoms with Gasteiger partial charge in [0.2, 0.25) is 0 Å². The molecule has 0 unspecified atom stereocenters. The maximum absolute atomic E-state index is 13.7. The number of amides is 1. The zero-order valence-corrected chi connectivity index (χ0v) is 15.2. The number of hydrogen-bond acceptors (Lipinski definition) is 2. The van der Waals surface area contributed by atoms with E-state index in [1.54, 1.807) is 6.92 Å². The topological polar surface area (TPSA) is 36.8 Å². The lowest BCUT2D eigenvalue weighted by atomic mass is 10.2. The Morgan fingerprint density at radius 3 is 2.35 bits per heavy atom. The minimum absolute atomic E-state index is 0.390. The van der Waals surface area contributed by atoms with Crippen LogP contribution in [-0.2, 0) is 4.79 Å². The number of carbonyl (C=O) groups is 1. The van der Waals surface area contributed by atoms with Crippen LogP contribution in [-0.4, -0.2) is 38.1 Å². The minimum Gasteiger partial charge on any atom is -0.359 e. The molecule has 1 atom stereocenters. The van der Waals surface area contributed by atoms with E-state index in [1.165, 1.54) is 6.07 Å². The van der Waals surface area contributed by atoms with Crippen molar-refractivity contribution in [3.8, 4) is 0 Å². The van der Waals surface area contributed by atoms with E-state index in [0.29, 0.717) is 5.02 Å². The van der Waals surface area contributed by atoms with E-state index in [0.717, 1.165) is 48.9 Å². The van der Waals surface area contributed by atoms with E-state index in [1.807, 2.05) is 24.3 Å². The molecule has 26 heavy (non-hydrogen) atoms. The molecule has 1 heterocycles. The molecule has 7 heteroatoms. The summed E-state index contributed by atoms with van der Waals surface area (Å²) < 4.78 is 27.4. The van der Waals surface area contributed by atoms with Gasteiger partial charge in [-0.2, -0.15) is 0 Å². The zero-order valence-electron chi connectivity index (χ0n) is 14.4. The molecule has 138 valence electrons. The molecule has 1 aliphatic rings. The average Bonchev–Trinajstić information content (AvgIpc) is 2.65. The molecular formula is C19H21ClF2N3O+. The summed E-state index contributed by atoms with van der Waals surface area (Å²) in [5, 5.41) is 3.09. The second-order valence-corrected chi connectivity index (χ2v) is 6.81. The molecule has 0 aromatic heterocycles. The molecule has 0 radical (unpaired) electrons. The van der Waals surface area contributed by atoms with Crippen LogP contribution in [0.2, 0.25) is 5.02 Å². The van der Waals surface area contributed by atoms with E-state index in [2.05, 4.69) is 10.2 Å². The van der Waals surface area contributed by atoms with Crippen LogP contribution in [0.5, 0.6) is 0 Å². The van der Waals surface area contributed by atoms with Crippen molar-refractivity contribution in [3.05, 3.63) is 59.1 Å². The third-order valence-electron chi connectivity index (χ3n) is 4.82. The van der Waals surface area contributed by atoms with Crippen LogP contribution in [0.4, 0.5) is 20.2 Å². The number of rotatable bonds is 4. The predicted octanol–water partition coefficient (Wildman–Crippen LogP) is 2.35. The summed E-state index contributed by atoms with van der Waals surface area (Å²) in [5.74, 6) is -1.94. The number of quaternary nitrogens is 1. The maximum atomic E-state index is 13.7. The van der Waals surface area contributed by atoms with Gasteiger partial charge in [0.05, 0.1) is 36.9 Å². The van der Waals surface area contributed by atoms with Gasteiger partial charge < -0.3 is 15.1 Å². The van der Waals surface area contributed by atoms with Crippen molar-refractivity contribution in [1.82, 2.24) is 0 Å². The van der Waals surface area contributed by atoms with Crippen LogP contribution < -0.4 is 15.1 Å². The maximum Gasteiger partial charge on any atom is 0.282 e. The van der Waals surface area contributed by atoms with Crippen molar-refractivity contribution >= 4 is 28.9 Å². The molecule has 0 spiro atoms. The molecule has 2 N–H and O–H groups in total. The van der Waals surface area contributed by atoms with Crippen LogP contribution >= 0.6 is 11.6 Å². The molecule has 0 saturated carbocycles. The van der Waals surface area contributed by atoms with E-state index >= 15 is 0 Å². The van der Waals surface area contributed by atoms with Gasteiger partial charge in [-0.1, -0.05) is 29.8 Å². The van der Waals surface area contributed by atoms with Gasteiger partial charge in [0.15, 0.2) is 6.04 Å². The lowest BCUT2D eigenvalue weighted by molar-refractivity contribution is -0.914. The molecule has 1 amide bonds. The first kappa shape index (κ1) is 18.6. The van der Waals surface area contributed by atoms with Gasteiger partial charge >= 0.3 is 0 Å². The number of benzene rings is 2. The number of piperazine rings is 1. The Morgan fingerprint density at radius 2 is 1.73 bits per heavy atom. The molecule has 1 fully saturated rings. The quantitative estimate of drug-likeness (QED) is 0.854. The fraction of sp³-hybridized carbons (Fsp3) is 0.316. The summed E-state index contributed by atoms with van der Waals surface area (Å²) in [6.45, 7) is 4.75. The van der Waals surface area contributed by atoms with Gasteiger partial charge in [-0.15, -0.1) is 0 Å². The van der Waals surface area contributed by atoms with Crippen molar-refractivity contribution in [2.45, 2.75) is 13.0 Å². The van der Waals surface area contributed by atoms with Gasteiger partial charge in [-0.25, -0.2) is 8.78 Å². The lowest BCUT2D eigenvalue weighted by Gasteiger charge is -2.36. The van der Waals surface area contributed by atoms with E-state index in [9.17, 15) is 13.6 Å². The number of nitrogens with zero attached hydrogens (tertiary/aromatic N) is 1. The number of carbonyl (C=O) groups excluding carboxylic acids is 1. The summed E-state index contributed by atoms with van der Waals surface area (Å²) in [7, 11) is 0. The number of nitrogens with one attached hydrogen (secondary N) is 2. The Balaban J connectivity index is 1.60.